The number of hydrogen-bond acceptors (Lipinski definition) is 7. The highest BCUT2D eigenvalue weighted by Crippen LogP contribution is 2.31. The van der Waals surface area contributed by atoms with Gasteiger partial charge < -0.3 is 23.7 Å². The second-order valence-electron chi connectivity index (χ2n) is 7.80. The molecule has 9 heteroatoms. The number of esters is 2. The Balaban J connectivity index is 1.42. The molecule has 2 aromatic rings. The Hall–Kier alpha value is -1.94. The van der Waals surface area contributed by atoms with Crippen LogP contribution in [0.4, 0.5) is 0 Å². The zero-order chi connectivity index (χ0) is 23.2. The first-order valence-corrected chi connectivity index (χ1v) is 12.5. The van der Waals surface area contributed by atoms with Crippen LogP contribution in [-0.4, -0.2) is 37.7 Å². The van der Waals surface area contributed by atoms with Crippen LogP contribution in [0.5, 0.6) is 11.5 Å². The van der Waals surface area contributed by atoms with E-state index in [-0.39, 0.29) is 23.7 Å². The third-order valence-electron chi connectivity index (χ3n) is 5.31. The summed E-state index contributed by atoms with van der Waals surface area (Å²) >= 11 is 6.84. The molecule has 0 aromatic heterocycles. The first-order valence-electron chi connectivity index (χ1n) is 10.9. The summed E-state index contributed by atoms with van der Waals surface area (Å²) in [4.78, 5) is 25.3. The van der Waals surface area contributed by atoms with Crippen molar-refractivity contribution in [1.29, 1.82) is 0 Å². The number of hydrogen-bond donors (Lipinski definition) is 0. The molecule has 33 heavy (non-hydrogen) atoms. The zero-order valence-electron chi connectivity index (χ0n) is 17.9. The van der Waals surface area contributed by atoms with Crippen LogP contribution in [0.1, 0.15) is 59.2 Å². The van der Waals surface area contributed by atoms with E-state index in [4.69, 9.17) is 23.7 Å². The minimum atomic E-state index is -0.775. The van der Waals surface area contributed by atoms with Crippen molar-refractivity contribution in [2.75, 3.05) is 13.2 Å². The SMILES string of the molecule is O=C(OC(=O)c1ccc(Br)c(OC2CCCCO2)c1)c1ccc(Br)c(OC2CCCCO2)c1. The minimum absolute atomic E-state index is 0.196. The van der Waals surface area contributed by atoms with Crippen molar-refractivity contribution in [1.82, 2.24) is 0 Å². The third kappa shape index (κ3) is 6.56. The van der Waals surface area contributed by atoms with Crippen molar-refractivity contribution < 1.29 is 33.3 Å². The Kier molecular flexibility index (Phi) is 8.40. The summed E-state index contributed by atoms with van der Waals surface area (Å²) in [5.74, 6) is -0.642. The maximum Gasteiger partial charge on any atom is 0.346 e. The lowest BCUT2D eigenvalue weighted by atomic mass is 10.2. The van der Waals surface area contributed by atoms with Crippen LogP contribution in [0.25, 0.3) is 0 Å². The van der Waals surface area contributed by atoms with Crippen molar-refractivity contribution in [2.45, 2.75) is 51.1 Å². The highest BCUT2D eigenvalue weighted by molar-refractivity contribution is 9.10. The molecule has 0 spiro atoms. The molecule has 2 aromatic carbocycles. The second kappa shape index (κ2) is 11.5. The topological polar surface area (TPSA) is 80.3 Å². The van der Waals surface area contributed by atoms with Gasteiger partial charge in [-0.1, -0.05) is 0 Å². The third-order valence-corrected chi connectivity index (χ3v) is 6.62. The molecule has 4 rings (SSSR count). The van der Waals surface area contributed by atoms with E-state index in [2.05, 4.69) is 31.9 Å². The summed E-state index contributed by atoms with van der Waals surface area (Å²) in [6.45, 7) is 1.29. The molecule has 2 unspecified atom stereocenters. The first-order chi connectivity index (χ1) is 16.0. The molecule has 2 fully saturated rings. The van der Waals surface area contributed by atoms with Crippen LogP contribution in [0.3, 0.4) is 0 Å². The molecule has 0 aliphatic carbocycles. The van der Waals surface area contributed by atoms with Gasteiger partial charge in [0.15, 0.2) is 12.6 Å². The zero-order valence-corrected chi connectivity index (χ0v) is 21.1. The molecule has 0 N–H and O–H groups in total. The fraction of sp³-hybridized carbons (Fsp3) is 0.417. The van der Waals surface area contributed by atoms with Gasteiger partial charge in [0.2, 0.25) is 0 Å². The average molecular weight is 584 g/mol. The average Bonchev–Trinajstić information content (AvgIpc) is 2.83. The number of benzene rings is 2. The summed E-state index contributed by atoms with van der Waals surface area (Å²) < 4.78 is 29.4. The predicted octanol–water partition coefficient (Wildman–Crippen LogP) is 6.02. The van der Waals surface area contributed by atoms with Gasteiger partial charge in [0.05, 0.1) is 33.3 Å². The van der Waals surface area contributed by atoms with Crippen LogP contribution >= 0.6 is 31.9 Å². The van der Waals surface area contributed by atoms with Crippen molar-refractivity contribution in [3.63, 3.8) is 0 Å². The molecule has 0 amide bonds. The Morgan fingerprint density at radius 2 is 1.18 bits per heavy atom. The van der Waals surface area contributed by atoms with E-state index in [1.165, 1.54) is 12.1 Å². The largest absolute Gasteiger partial charge is 0.464 e. The van der Waals surface area contributed by atoms with Crippen LogP contribution in [0.15, 0.2) is 45.3 Å². The molecular weight excluding hydrogens is 560 g/mol. The van der Waals surface area contributed by atoms with Crippen molar-refractivity contribution in [3.05, 3.63) is 56.5 Å². The molecule has 176 valence electrons. The van der Waals surface area contributed by atoms with E-state index in [1.807, 2.05) is 0 Å². The molecule has 0 radical (unpaired) electrons. The van der Waals surface area contributed by atoms with Gasteiger partial charge in [0, 0.05) is 12.8 Å². The van der Waals surface area contributed by atoms with Crippen LogP contribution in [0.2, 0.25) is 0 Å². The molecular formula is C24H24Br2O7. The number of rotatable bonds is 6. The Morgan fingerprint density at radius 1 is 0.727 bits per heavy atom. The van der Waals surface area contributed by atoms with Crippen LogP contribution in [0, 0.1) is 0 Å². The number of carbonyl (C=O) groups excluding carboxylic acids is 2. The van der Waals surface area contributed by atoms with Crippen molar-refractivity contribution in [2.24, 2.45) is 0 Å². The lowest BCUT2D eigenvalue weighted by Crippen LogP contribution is -2.25. The maximum absolute atomic E-state index is 12.6. The van der Waals surface area contributed by atoms with E-state index < -0.39 is 11.9 Å². The monoisotopic (exact) mass is 582 g/mol. The second-order valence-corrected chi connectivity index (χ2v) is 9.50. The molecule has 7 nitrogen and oxygen atoms in total. The van der Waals surface area contributed by atoms with E-state index >= 15 is 0 Å². The Bertz CT molecular complexity index is 919. The molecule has 2 heterocycles. The maximum atomic E-state index is 12.6. The van der Waals surface area contributed by atoms with Gasteiger partial charge in [0.1, 0.15) is 11.5 Å². The highest BCUT2D eigenvalue weighted by Gasteiger charge is 2.22. The van der Waals surface area contributed by atoms with Crippen molar-refractivity contribution >= 4 is 43.8 Å². The van der Waals surface area contributed by atoms with Gasteiger partial charge in [-0.3, -0.25) is 0 Å². The standard InChI is InChI=1S/C24H24Br2O7/c25-17-9-7-15(13-19(17)31-21-5-1-3-11-29-21)23(27)33-24(28)16-8-10-18(26)20(14-16)32-22-6-2-4-12-30-22/h7-10,13-14,21-22H,1-6,11-12H2. The summed E-state index contributed by atoms with van der Waals surface area (Å²) in [6.07, 6.45) is 4.88. The van der Waals surface area contributed by atoms with Crippen LogP contribution < -0.4 is 9.47 Å². The summed E-state index contributed by atoms with van der Waals surface area (Å²) in [7, 11) is 0. The molecule has 2 saturated heterocycles. The fourth-order valence-corrected chi connectivity index (χ4v) is 4.21. The summed E-state index contributed by atoms with van der Waals surface area (Å²) in [5, 5.41) is 0. The van der Waals surface area contributed by atoms with Gasteiger partial charge in [-0.05, 0) is 93.9 Å². The van der Waals surface area contributed by atoms with E-state index in [0.29, 0.717) is 33.7 Å². The number of carbonyl (C=O) groups is 2. The highest BCUT2D eigenvalue weighted by atomic mass is 79.9. The predicted molar refractivity (Wildman–Crippen MR) is 126 cm³/mol. The number of halogens is 2. The quantitative estimate of drug-likeness (QED) is 0.304. The van der Waals surface area contributed by atoms with Crippen molar-refractivity contribution in [3.8, 4) is 11.5 Å². The normalized spacial score (nSPS) is 20.7. The molecule has 0 bridgehead atoms. The summed E-state index contributed by atoms with van der Waals surface area (Å²) in [5.41, 5.74) is 0.392. The van der Waals surface area contributed by atoms with Gasteiger partial charge >= 0.3 is 11.9 Å². The minimum Gasteiger partial charge on any atom is -0.464 e. The smallest absolute Gasteiger partial charge is 0.346 e. The lowest BCUT2D eigenvalue weighted by Gasteiger charge is -2.24. The first kappa shape index (κ1) is 24.2. The van der Waals surface area contributed by atoms with E-state index in [9.17, 15) is 9.59 Å². The Labute approximate surface area is 208 Å². The molecule has 2 atom stereocenters. The van der Waals surface area contributed by atoms with Gasteiger partial charge in [-0.25, -0.2) is 9.59 Å². The van der Waals surface area contributed by atoms with Gasteiger partial charge in [0.25, 0.3) is 0 Å². The number of ether oxygens (including phenoxy) is 5. The summed E-state index contributed by atoms with van der Waals surface area (Å²) in [6, 6.07) is 9.54. The fourth-order valence-electron chi connectivity index (χ4n) is 3.53. The Morgan fingerprint density at radius 3 is 1.58 bits per heavy atom. The van der Waals surface area contributed by atoms with Crippen LogP contribution in [-0.2, 0) is 14.2 Å². The van der Waals surface area contributed by atoms with Gasteiger partial charge in [-0.15, -0.1) is 0 Å². The van der Waals surface area contributed by atoms with Gasteiger partial charge in [-0.2, -0.15) is 0 Å². The van der Waals surface area contributed by atoms with E-state index in [0.717, 1.165) is 38.5 Å². The molecule has 0 saturated carbocycles. The lowest BCUT2D eigenvalue weighted by molar-refractivity contribution is -0.106. The molecule has 2 aliphatic rings. The molecule has 2 aliphatic heterocycles. The van der Waals surface area contributed by atoms with E-state index in [1.54, 1.807) is 24.3 Å².